The molecule has 1 saturated heterocycles. The van der Waals surface area contributed by atoms with E-state index >= 15 is 0 Å². The molecule has 0 unspecified atom stereocenters. The summed E-state index contributed by atoms with van der Waals surface area (Å²) in [6, 6.07) is 8.59. The Morgan fingerprint density at radius 2 is 1.20 bits per heavy atom. The van der Waals surface area contributed by atoms with Crippen molar-refractivity contribution in [1.82, 2.24) is 4.90 Å². The number of benzene rings is 2. The fourth-order valence-electron chi connectivity index (χ4n) is 3.89. The van der Waals surface area contributed by atoms with Crippen molar-refractivity contribution >= 4 is 11.6 Å². The Kier molecular flexibility index (Phi) is 8.67. The summed E-state index contributed by atoms with van der Waals surface area (Å²) in [7, 11) is 0. The first-order valence-corrected chi connectivity index (χ1v) is 12.1. The van der Waals surface area contributed by atoms with E-state index in [1.165, 1.54) is 16.0 Å². The van der Waals surface area contributed by atoms with Crippen LogP contribution in [0.3, 0.4) is 0 Å². The molecule has 0 atom stereocenters. The van der Waals surface area contributed by atoms with Crippen LogP contribution in [0, 0.1) is 5.82 Å². The van der Waals surface area contributed by atoms with Gasteiger partial charge in [-0.15, -0.1) is 0 Å². The summed E-state index contributed by atoms with van der Waals surface area (Å²) in [6.45, 7) is 18.8. The van der Waals surface area contributed by atoms with Crippen LogP contribution >= 0.6 is 0 Å². The van der Waals surface area contributed by atoms with Crippen LogP contribution in [0.2, 0.25) is 0 Å². The van der Waals surface area contributed by atoms with Gasteiger partial charge in [0.15, 0.2) is 0 Å². The summed E-state index contributed by atoms with van der Waals surface area (Å²) in [5.41, 5.74) is 2.04. The van der Waals surface area contributed by atoms with Crippen LogP contribution in [0.15, 0.2) is 36.4 Å². The van der Waals surface area contributed by atoms with Crippen LogP contribution < -0.4 is 4.90 Å². The first-order valence-electron chi connectivity index (χ1n) is 12.1. The standard InChI is InChI=1S/C26H32F4N2O.C2H6/c1-24(2,3)18-13-19(25(4,5)6)16-22(15-18)31-7-9-32(10-8-31)23(33)17-11-20(26(28,29)30)14-21(27)12-17;1-2/h11-16H,7-10H2,1-6H3;1-2H3. The highest BCUT2D eigenvalue weighted by Gasteiger charge is 2.33. The van der Waals surface area contributed by atoms with Gasteiger partial charge in [-0.25, -0.2) is 4.39 Å². The topological polar surface area (TPSA) is 23.6 Å². The fourth-order valence-corrected chi connectivity index (χ4v) is 3.89. The van der Waals surface area contributed by atoms with Gasteiger partial charge in [-0.2, -0.15) is 13.2 Å². The normalized spacial score (nSPS) is 15.0. The first-order chi connectivity index (χ1) is 16.1. The van der Waals surface area contributed by atoms with Gasteiger partial charge in [0.05, 0.1) is 5.56 Å². The van der Waals surface area contributed by atoms with E-state index in [9.17, 15) is 22.4 Å². The third kappa shape index (κ3) is 7.21. The zero-order valence-electron chi connectivity index (χ0n) is 22.1. The lowest BCUT2D eigenvalue weighted by Gasteiger charge is -2.37. The van der Waals surface area contributed by atoms with Gasteiger partial charge in [0.25, 0.3) is 5.91 Å². The van der Waals surface area contributed by atoms with Crippen LogP contribution in [-0.2, 0) is 17.0 Å². The Balaban J connectivity index is 0.00000210. The number of amides is 1. The van der Waals surface area contributed by atoms with E-state index in [1.807, 2.05) is 13.8 Å². The lowest BCUT2D eigenvalue weighted by atomic mass is 9.80. The molecule has 35 heavy (non-hydrogen) atoms. The molecule has 0 spiro atoms. The number of rotatable bonds is 2. The monoisotopic (exact) mass is 494 g/mol. The highest BCUT2D eigenvalue weighted by atomic mass is 19.4. The summed E-state index contributed by atoms with van der Waals surface area (Å²) in [5.74, 6) is -1.65. The van der Waals surface area contributed by atoms with Gasteiger partial charge < -0.3 is 9.80 Å². The maximum Gasteiger partial charge on any atom is 0.416 e. The molecule has 0 saturated carbocycles. The molecule has 0 aromatic heterocycles. The second kappa shape index (κ2) is 10.6. The smallest absolute Gasteiger partial charge is 0.368 e. The summed E-state index contributed by atoms with van der Waals surface area (Å²) in [4.78, 5) is 16.5. The molecule has 7 heteroatoms. The fraction of sp³-hybridized carbons (Fsp3) is 0.536. The van der Waals surface area contributed by atoms with Crippen molar-refractivity contribution in [2.75, 3.05) is 31.1 Å². The molecule has 194 valence electrons. The molecular formula is C28H38F4N2O. The molecule has 1 heterocycles. The number of alkyl halides is 3. The molecule has 1 fully saturated rings. The van der Waals surface area contributed by atoms with E-state index in [0.717, 1.165) is 17.8 Å². The lowest BCUT2D eigenvalue weighted by Crippen LogP contribution is -2.49. The van der Waals surface area contributed by atoms with Gasteiger partial charge in [0.1, 0.15) is 5.82 Å². The van der Waals surface area contributed by atoms with E-state index in [0.29, 0.717) is 32.2 Å². The molecule has 1 amide bonds. The van der Waals surface area contributed by atoms with Crippen molar-refractivity contribution in [3.8, 4) is 0 Å². The quantitative estimate of drug-likeness (QED) is 0.406. The molecule has 3 nitrogen and oxygen atoms in total. The van der Waals surface area contributed by atoms with Gasteiger partial charge >= 0.3 is 6.18 Å². The molecule has 0 N–H and O–H groups in total. The largest absolute Gasteiger partial charge is 0.416 e. The van der Waals surface area contributed by atoms with Crippen LogP contribution in [0.4, 0.5) is 23.2 Å². The van der Waals surface area contributed by atoms with Crippen molar-refractivity contribution in [1.29, 1.82) is 0 Å². The molecule has 1 aliphatic heterocycles. The highest BCUT2D eigenvalue weighted by Crippen LogP contribution is 2.34. The van der Waals surface area contributed by atoms with Crippen molar-refractivity contribution in [2.24, 2.45) is 0 Å². The maximum atomic E-state index is 13.8. The van der Waals surface area contributed by atoms with E-state index in [4.69, 9.17) is 0 Å². The Morgan fingerprint density at radius 1 is 0.714 bits per heavy atom. The second-order valence-corrected chi connectivity index (χ2v) is 10.8. The molecule has 2 aromatic rings. The zero-order valence-corrected chi connectivity index (χ0v) is 22.1. The van der Waals surface area contributed by atoms with Crippen LogP contribution in [-0.4, -0.2) is 37.0 Å². The number of piperazine rings is 1. The molecule has 0 radical (unpaired) electrons. The van der Waals surface area contributed by atoms with Crippen LogP contribution in [0.1, 0.15) is 82.4 Å². The number of hydrogen-bond acceptors (Lipinski definition) is 2. The summed E-state index contributed by atoms with van der Waals surface area (Å²) < 4.78 is 52.8. The summed E-state index contributed by atoms with van der Waals surface area (Å²) in [5, 5.41) is 0. The third-order valence-electron chi connectivity index (χ3n) is 6.05. The van der Waals surface area contributed by atoms with E-state index in [1.54, 1.807) is 0 Å². The van der Waals surface area contributed by atoms with Gasteiger partial charge in [0.2, 0.25) is 0 Å². The van der Waals surface area contributed by atoms with Crippen molar-refractivity contribution < 1.29 is 22.4 Å². The van der Waals surface area contributed by atoms with Crippen molar-refractivity contribution in [2.45, 2.75) is 72.4 Å². The average molecular weight is 495 g/mol. The van der Waals surface area contributed by atoms with Gasteiger partial charge in [-0.3, -0.25) is 4.79 Å². The Bertz CT molecular complexity index is 992. The molecular weight excluding hydrogens is 456 g/mol. The Morgan fingerprint density at radius 3 is 1.63 bits per heavy atom. The molecule has 3 rings (SSSR count). The van der Waals surface area contributed by atoms with Crippen molar-refractivity contribution in [3.05, 3.63) is 64.5 Å². The Hall–Kier alpha value is -2.57. The average Bonchev–Trinajstić information content (AvgIpc) is 2.77. The summed E-state index contributed by atoms with van der Waals surface area (Å²) >= 11 is 0. The van der Waals surface area contributed by atoms with Gasteiger partial charge in [0, 0.05) is 37.4 Å². The minimum Gasteiger partial charge on any atom is -0.368 e. The summed E-state index contributed by atoms with van der Waals surface area (Å²) in [6.07, 6.45) is -4.71. The maximum absolute atomic E-state index is 13.8. The molecule has 1 aliphatic rings. The number of hydrogen-bond donors (Lipinski definition) is 0. The zero-order chi connectivity index (χ0) is 26.8. The molecule has 0 bridgehead atoms. The predicted molar refractivity (Wildman–Crippen MR) is 135 cm³/mol. The number of carbonyl (C=O) groups is 1. The minimum absolute atomic E-state index is 0.0264. The van der Waals surface area contributed by atoms with E-state index < -0.39 is 23.5 Å². The number of nitrogens with zero attached hydrogens (tertiary/aromatic N) is 2. The van der Waals surface area contributed by atoms with E-state index in [2.05, 4.69) is 64.6 Å². The second-order valence-electron chi connectivity index (χ2n) is 10.8. The van der Waals surface area contributed by atoms with Crippen molar-refractivity contribution in [3.63, 3.8) is 0 Å². The molecule has 0 aliphatic carbocycles. The van der Waals surface area contributed by atoms with Gasteiger partial charge in [-0.1, -0.05) is 61.5 Å². The van der Waals surface area contributed by atoms with Crippen LogP contribution in [0.5, 0.6) is 0 Å². The van der Waals surface area contributed by atoms with Gasteiger partial charge in [-0.05, 0) is 52.3 Å². The van der Waals surface area contributed by atoms with Crippen LogP contribution in [0.25, 0.3) is 0 Å². The first kappa shape index (κ1) is 28.7. The minimum atomic E-state index is -4.71. The van der Waals surface area contributed by atoms with E-state index in [-0.39, 0.29) is 16.4 Å². The predicted octanol–water partition coefficient (Wildman–Crippen LogP) is 7.43. The third-order valence-corrected chi connectivity index (χ3v) is 6.05. The number of carbonyl (C=O) groups excluding carboxylic acids is 1. The SMILES string of the molecule is CC.CC(C)(C)c1cc(N2CCN(C(=O)c3cc(F)cc(C(F)(F)F)c3)CC2)cc(C(C)(C)C)c1. The highest BCUT2D eigenvalue weighted by molar-refractivity contribution is 5.94. The molecule has 2 aromatic carbocycles. The number of halogens is 4. The lowest BCUT2D eigenvalue weighted by molar-refractivity contribution is -0.137. The number of anilines is 1. The Labute approximate surface area is 207 Å².